The monoisotopic (exact) mass is 501 g/mol. The van der Waals surface area contributed by atoms with E-state index in [1.165, 1.54) is 0 Å². The van der Waals surface area contributed by atoms with Crippen LogP contribution in [-0.2, 0) is 9.47 Å². The standard InChI is InChI=1S/C28H31N5O4/c1-34-11-10-33(22-14-23(35-2)17-24(15-22)36-3)21-5-6-25-26(16-21)31-27(19-29-25)20-4-7-28(30-18-20)32-8-12-37-13-9-32/h4-7,14-19H,8-13H2,1-3H3. The molecule has 0 unspecified atom stereocenters. The van der Waals surface area contributed by atoms with Gasteiger partial charge >= 0.3 is 0 Å². The average molecular weight is 502 g/mol. The average Bonchev–Trinajstić information content (AvgIpc) is 2.97. The number of hydrogen-bond donors (Lipinski definition) is 0. The van der Waals surface area contributed by atoms with E-state index >= 15 is 0 Å². The molecule has 2 aromatic heterocycles. The first-order valence-electron chi connectivity index (χ1n) is 12.2. The highest BCUT2D eigenvalue weighted by atomic mass is 16.5. The second-order valence-electron chi connectivity index (χ2n) is 8.65. The molecule has 0 N–H and O–H groups in total. The molecule has 0 saturated carbocycles. The summed E-state index contributed by atoms with van der Waals surface area (Å²) >= 11 is 0. The predicted molar refractivity (Wildman–Crippen MR) is 144 cm³/mol. The number of hydrogen-bond acceptors (Lipinski definition) is 9. The number of benzene rings is 2. The Kier molecular flexibility index (Phi) is 7.62. The minimum Gasteiger partial charge on any atom is -0.497 e. The van der Waals surface area contributed by atoms with Gasteiger partial charge in [0.25, 0.3) is 0 Å². The van der Waals surface area contributed by atoms with E-state index in [-0.39, 0.29) is 0 Å². The molecule has 0 spiro atoms. The van der Waals surface area contributed by atoms with Crippen LogP contribution >= 0.6 is 0 Å². The first-order chi connectivity index (χ1) is 18.2. The Morgan fingerprint density at radius 1 is 0.838 bits per heavy atom. The Hall–Kier alpha value is -3.95. The largest absolute Gasteiger partial charge is 0.497 e. The van der Waals surface area contributed by atoms with Crippen LogP contribution in [0.25, 0.3) is 22.3 Å². The molecular weight excluding hydrogens is 470 g/mol. The number of nitrogens with zero attached hydrogens (tertiary/aromatic N) is 5. The van der Waals surface area contributed by atoms with E-state index in [1.54, 1.807) is 27.5 Å². The van der Waals surface area contributed by atoms with Crippen LogP contribution in [0.4, 0.5) is 17.2 Å². The molecule has 1 aliphatic rings. The fourth-order valence-corrected chi connectivity index (χ4v) is 4.36. The lowest BCUT2D eigenvalue weighted by atomic mass is 10.1. The molecule has 9 heteroatoms. The Balaban J connectivity index is 1.47. The minimum absolute atomic E-state index is 0.546. The van der Waals surface area contributed by atoms with Gasteiger partial charge in [0.05, 0.1) is 57.0 Å². The molecule has 0 atom stereocenters. The minimum atomic E-state index is 0.546. The summed E-state index contributed by atoms with van der Waals surface area (Å²) in [5.74, 6) is 2.38. The van der Waals surface area contributed by atoms with Crippen LogP contribution in [0.5, 0.6) is 11.5 Å². The van der Waals surface area contributed by atoms with Crippen molar-refractivity contribution < 1.29 is 18.9 Å². The summed E-state index contributed by atoms with van der Waals surface area (Å²) < 4.78 is 21.8. The van der Waals surface area contributed by atoms with Crippen LogP contribution < -0.4 is 19.3 Å². The predicted octanol–water partition coefficient (Wildman–Crippen LogP) is 4.33. The van der Waals surface area contributed by atoms with E-state index in [9.17, 15) is 0 Å². The first-order valence-corrected chi connectivity index (χ1v) is 12.2. The lowest BCUT2D eigenvalue weighted by Crippen LogP contribution is -2.36. The first kappa shape index (κ1) is 24.7. The smallest absolute Gasteiger partial charge is 0.128 e. The molecule has 3 heterocycles. The van der Waals surface area contributed by atoms with Crippen LogP contribution in [0, 0.1) is 0 Å². The molecule has 1 fully saturated rings. The van der Waals surface area contributed by atoms with Crippen LogP contribution in [0.3, 0.4) is 0 Å². The lowest BCUT2D eigenvalue weighted by molar-refractivity contribution is 0.122. The lowest BCUT2D eigenvalue weighted by Gasteiger charge is -2.27. The van der Waals surface area contributed by atoms with Gasteiger partial charge in [-0.1, -0.05) is 0 Å². The molecule has 2 aromatic carbocycles. The van der Waals surface area contributed by atoms with Crippen molar-refractivity contribution in [1.82, 2.24) is 15.0 Å². The summed E-state index contributed by atoms with van der Waals surface area (Å²) in [5, 5.41) is 0. The van der Waals surface area contributed by atoms with Gasteiger partial charge in [0.15, 0.2) is 0 Å². The van der Waals surface area contributed by atoms with Gasteiger partial charge in [-0.2, -0.15) is 0 Å². The van der Waals surface area contributed by atoms with E-state index < -0.39 is 0 Å². The Morgan fingerprint density at radius 2 is 1.62 bits per heavy atom. The van der Waals surface area contributed by atoms with Gasteiger partial charge in [0.2, 0.25) is 0 Å². The molecule has 4 aromatic rings. The molecule has 192 valence electrons. The van der Waals surface area contributed by atoms with Gasteiger partial charge < -0.3 is 28.7 Å². The van der Waals surface area contributed by atoms with Crippen LogP contribution in [0.15, 0.2) is 60.9 Å². The van der Waals surface area contributed by atoms with Crippen LogP contribution in [-0.4, -0.2) is 75.7 Å². The van der Waals surface area contributed by atoms with Gasteiger partial charge in [0, 0.05) is 68.1 Å². The maximum atomic E-state index is 5.49. The summed E-state index contributed by atoms with van der Waals surface area (Å²) in [6.07, 6.45) is 3.65. The number of fused-ring (bicyclic) bond motifs is 1. The maximum absolute atomic E-state index is 5.49. The second-order valence-corrected chi connectivity index (χ2v) is 8.65. The molecule has 37 heavy (non-hydrogen) atoms. The van der Waals surface area contributed by atoms with Gasteiger partial charge in [0.1, 0.15) is 17.3 Å². The zero-order chi connectivity index (χ0) is 25.6. The van der Waals surface area contributed by atoms with Gasteiger partial charge in [-0.05, 0) is 30.3 Å². The van der Waals surface area contributed by atoms with E-state index in [0.717, 1.165) is 65.8 Å². The highest BCUT2D eigenvalue weighted by Gasteiger charge is 2.15. The molecular formula is C28H31N5O4. The third kappa shape index (κ3) is 5.58. The zero-order valence-corrected chi connectivity index (χ0v) is 21.4. The number of aromatic nitrogens is 3. The van der Waals surface area contributed by atoms with Crippen molar-refractivity contribution in [2.45, 2.75) is 0 Å². The summed E-state index contributed by atoms with van der Waals surface area (Å²) in [6, 6.07) is 16.0. The third-order valence-electron chi connectivity index (χ3n) is 6.38. The third-order valence-corrected chi connectivity index (χ3v) is 6.38. The number of anilines is 3. The number of morpholine rings is 1. The SMILES string of the molecule is COCCN(c1cc(OC)cc(OC)c1)c1ccc2ncc(-c3ccc(N4CCOCC4)nc3)nc2c1. The van der Waals surface area contributed by atoms with Crippen molar-refractivity contribution in [2.24, 2.45) is 0 Å². The van der Waals surface area contributed by atoms with E-state index in [0.29, 0.717) is 24.7 Å². The molecule has 1 saturated heterocycles. The topological polar surface area (TPSA) is 82.1 Å². The van der Waals surface area contributed by atoms with Crippen molar-refractivity contribution in [3.8, 4) is 22.8 Å². The van der Waals surface area contributed by atoms with Gasteiger partial charge in [-0.25, -0.2) is 9.97 Å². The summed E-state index contributed by atoms with van der Waals surface area (Å²) in [6.45, 7) is 4.34. The number of methoxy groups -OCH3 is 3. The number of ether oxygens (including phenoxy) is 4. The van der Waals surface area contributed by atoms with Crippen molar-refractivity contribution in [3.05, 3.63) is 60.9 Å². The normalized spacial score (nSPS) is 13.5. The highest BCUT2D eigenvalue weighted by molar-refractivity contribution is 5.82. The van der Waals surface area contributed by atoms with Crippen LogP contribution in [0.1, 0.15) is 0 Å². The van der Waals surface area contributed by atoms with E-state index in [1.807, 2.05) is 54.7 Å². The summed E-state index contributed by atoms with van der Waals surface area (Å²) in [5.41, 5.74) is 5.21. The Bertz CT molecular complexity index is 1320. The number of pyridine rings is 1. The van der Waals surface area contributed by atoms with Crippen molar-refractivity contribution in [2.75, 3.05) is 70.6 Å². The van der Waals surface area contributed by atoms with Gasteiger partial charge in [-0.15, -0.1) is 0 Å². The molecule has 9 nitrogen and oxygen atoms in total. The quantitative estimate of drug-likeness (QED) is 0.333. The molecule has 5 rings (SSSR count). The molecule has 0 bridgehead atoms. The van der Waals surface area contributed by atoms with Crippen molar-refractivity contribution in [3.63, 3.8) is 0 Å². The highest BCUT2D eigenvalue weighted by Crippen LogP contribution is 2.34. The molecule has 0 amide bonds. The fraction of sp³-hybridized carbons (Fsp3) is 0.321. The van der Waals surface area contributed by atoms with Crippen molar-refractivity contribution >= 4 is 28.2 Å². The second kappa shape index (κ2) is 11.4. The Labute approximate surface area is 216 Å². The molecule has 1 aliphatic heterocycles. The van der Waals surface area contributed by atoms with Gasteiger partial charge in [-0.3, -0.25) is 4.98 Å². The molecule has 0 aliphatic carbocycles. The number of rotatable bonds is 9. The summed E-state index contributed by atoms with van der Waals surface area (Å²) in [4.78, 5) is 18.6. The fourth-order valence-electron chi connectivity index (χ4n) is 4.36. The summed E-state index contributed by atoms with van der Waals surface area (Å²) in [7, 11) is 4.99. The van der Waals surface area contributed by atoms with E-state index in [4.69, 9.17) is 23.9 Å². The zero-order valence-electron chi connectivity index (χ0n) is 21.4. The maximum Gasteiger partial charge on any atom is 0.128 e. The molecule has 0 radical (unpaired) electrons. The Morgan fingerprint density at radius 3 is 2.30 bits per heavy atom. The van der Waals surface area contributed by atoms with E-state index in [2.05, 4.69) is 19.8 Å². The van der Waals surface area contributed by atoms with Crippen molar-refractivity contribution in [1.29, 1.82) is 0 Å². The van der Waals surface area contributed by atoms with Crippen LogP contribution in [0.2, 0.25) is 0 Å².